The molecule has 4 saturated carbocycles. The van der Waals surface area contributed by atoms with E-state index in [1.165, 1.54) is 24.8 Å². The molecule has 5 nitrogen and oxygen atoms in total. The van der Waals surface area contributed by atoms with E-state index in [1.54, 1.807) is 21.3 Å². The Morgan fingerprint density at radius 1 is 0.871 bits per heavy atom. The maximum absolute atomic E-state index is 13.7. The number of ether oxygens (including phenoxy) is 3. The lowest BCUT2D eigenvalue weighted by molar-refractivity contribution is -0.143. The van der Waals surface area contributed by atoms with Gasteiger partial charge in [0, 0.05) is 11.8 Å². The Morgan fingerprint density at radius 2 is 1.55 bits per heavy atom. The van der Waals surface area contributed by atoms with E-state index in [0.29, 0.717) is 23.3 Å². The van der Waals surface area contributed by atoms with Gasteiger partial charge in [-0.15, -0.1) is 0 Å². The molecule has 4 aliphatic carbocycles. The van der Waals surface area contributed by atoms with Crippen molar-refractivity contribution in [2.24, 2.45) is 17.3 Å². The Hall–Kier alpha value is -2.69. The van der Waals surface area contributed by atoms with Crippen molar-refractivity contribution in [3.8, 4) is 17.2 Å². The van der Waals surface area contributed by atoms with E-state index in [1.807, 2.05) is 18.2 Å². The monoisotopic (exact) mass is 421 g/mol. The van der Waals surface area contributed by atoms with Crippen LogP contribution in [-0.4, -0.2) is 27.2 Å². The van der Waals surface area contributed by atoms with Crippen molar-refractivity contribution in [1.82, 2.24) is 0 Å². The summed E-state index contributed by atoms with van der Waals surface area (Å²) in [5.74, 6) is 3.58. The summed E-state index contributed by atoms with van der Waals surface area (Å²) in [4.78, 5) is 13.7. The van der Waals surface area contributed by atoms with Crippen LogP contribution in [0, 0.1) is 17.3 Å². The van der Waals surface area contributed by atoms with Crippen LogP contribution >= 0.6 is 0 Å². The number of amides is 1. The van der Waals surface area contributed by atoms with Crippen LogP contribution in [0.3, 0.4) is 0 Å². The second kappa shape index (κ2) is 7.47. The van der Waals surface area contributed by atoms with Crippen molar-refractivity contribution in [3.63, 3.8) is 0 Å². The molecule has 0 aromatic heterocycles. The SMILES string of the molecule is COc1ccc(C23CC4CC(CC(C(=O)Nc5ccc(OC)c(OC)c5)(C4)C2)C3)cc1. The van der Waals surface area contributed by atoms with Crippen LogP contribution in [0.2, 0.25) is 0 Å². The van der Waals surface area contributed by atoms with Crippen molar-refractivity contribution in [1.29, 1.82) is 0 Å². The quantitative estimate of drug-likeness (QED) is 0.697. The fourth-order valence-electron chi connectivity index (χ4n) is 6.99. The highest BCUT2D eigenvalue weighted by atomic mass is 16.5. The predicted molar refractivity (Wildman–Crippen MR) is 120 cm³/mol. The third kappa shape index (κ3) is 3.35. The smallest absolute Gasteiger partial charge is 0.230 e. The van der Waals surface area contributed by atoms with E-state index < -0.39 is 0 Å². The zero-order chi connectivity index (χ0) is 21.6. The Morgan fingerprint density at radius 3 is 2.16 bits per heavy atom. The van der Waals surface area contributed by atoms with Gasteiger partial charge in [0.05, 0.1) is 26.7 Å². The molecule has 4 fully saturated rings. The van der Waals surface area contributed by atoms with Gasteiger partial charge in [0.2, 0.25) is 5.91 Å². The highest BCUT2D eigenvalue weighted by molar-refractivity contribution is 5.96. The van der Waals surface area contributed by atoms with Crippen molar-refractivity contribution >= 4 is 11.6 Å². The van der Waals surface area contributed by atoms with E-state index in [9.17, 15) is 4.79 Å². The standard InChI is InChI=1S/C26H31NO4/c1-29-21-7-4-19(5-8-21)25-12-17-10-18(13-25)15-26(14-17,16-25)24(28)27-20-6-9-22(30-2)23(11-20)31-3/h4-9,11,17-18H,10,12-16H2,1-3H3,(H,27,28). The highest BCUT2D eigenvalue weighted by Crippen LogP contribution is 2.66. The Labute approximate surface area is 184 Å². The molecule has 0 aliphatic heterocycles. The second-order valence-corrected chi connectivity index (χ2v) is 9.77. The largest absolute Gasteiger partial charge is 0.497 e. The molecule has 0 saturated heterocycles. The summed E-state index contributed by atoms with van der Waals surface area (Å²) in [7, 11) is 4.93. The molecule has 1 amide bonds. The Kier molecular flexibility index (Phi) is 4.87. The highest BCUT2D eigenvalue weighted by Gasteiger charge is 2.60. The summed E-state index contributed by atoms with van der Waals surface area (Å²) in [6.45, 7) is 0. The molecule has 4 aliphatic rings. The van der Waals surface area contributed by atoms with Crippen molar-refractivity contribution in [2.75, 3.05) is 26.6 Å². The van der Waals surface area contributed by atoms with Crippen molar-refractivity contribution in [3.05, 3.63) is 48.0 Å². The number of anilines is 1. The lowest BCUT2D eigenvalue weighted by Gasteiger charge is -2.61. The summed E-state index contributed by atoms with van der Waals surface area (Å²) in [5, 5.41) is 3.22. The van der Waals surface area contributed by atoms with Crippen molar-refractivity contribution < 1.29 is 19.0 Å². The first kappa shape index (κ1) is 20.2. The lowest BCUT2D eigenvalue weighted by Crippen LogP contribution is -2.57. The minimum Gasteiger partial charge on any atom is -0.497 e. The van der Waals surface area contributed by atoms with Crippen molar-refractivity contribution in [2.45, 2.75) is 43.9 Å². The van der Waals surface area contributed by atoms with Gasteiger partial charge in [0.25, 0.3) is 0 Å². The van der Waals surface area contributed by atoms with Gasteiger partial charge in [-0.1, -0.05) is 12.1 Å². The molecule has 2 aromatic rings. The summed E-state index contributed by atoms with van der Waals surface area (Å²) in [6.07, 6.45) is 6.59. The molecule has 31 heavy (non-hydrogen) atoms. The molecule has 0 radical (unpaired) electrons. The molecule has 2 aromatic carbocycles. The third-order valence-electron chi connectivity index (χ3n) is 7.89. The van der Waals surface area contributed by atoms with Gasteiger partial charge >= 0.3 is 0 Å². The molecular weight excluding hydrogens is 390 g/mol. The van der Waals surface area contributed by atoms with Gasteiger partial charge in [-0.2, -0.15) is 0 Å². The van der Waals surface area contributed by atoms with Crippen LogP contribution in [-0.2, 0) is 10.2 Å². The number of carbonyl (C=O) groups excluding carboxylic acids is 1. The van der Waals surface area contributed by atoms with Gasteiger partial charge in [-0.3, -0.25) is 4.79 Å². The van der Waals surface area contributed by atoms with E-state index in [-0.39, 0.29) is 16.7 Å². The van der Waals surface area contributed by atoms with E-state index >= 15 is 0 Å². The third-order valence-corrected chi connectivity index (χ3v) is 7.89. The number of carbonyl (C=O) groups is 1. The average Bonchev–Trinajstić information content (AvgIpc) is 2.78. The number of nitrogens with one attached hydrogen (secondary N) is 1. The van der Waals surface area contributed by atoms with Crippen LogP contribution in [0.25, 0.3) is 0 Å². The van der Waals surface area contributed by atoms with Crippen LogP contribution < -0.4 is 19.5 Å². The first-order valence-corrected chi connectivity index (χ1v) is 11.2. The topological polar surface area (TPSA) is 56.8 Å². The van der Waals surface area contributed by atoms with Crippen LogP contribution in [0.4, 0.5) is 5.69 Å². The molecular formula is C26H31NO4. The molecule has 164 valence electrons. The van der Waals surface area contributed by atoms with E-state index in [2.05, 4.69) is 29.6 Å². The van der Waals surface area contributed by atoms with E-state index in [4.69, 9.17) is 14.2 Å². The summed E-state index contributed by atoms with van der Waals surface area (Å²) in [6, 6.07) is 14.1. The Bertz CT molecular complexity index is 969. The van der Waals surface area contributed by atoms with Gasteiger partial charge in [0.1, 0.15) is 5.75 Å². The lowest BCUT2D eigenvalue weighted by atomic mass is 9.42. The van der Waals surface area contributed by atoms with Gasteiger partial charge in [-0.25, -0.2) is 0 Å². The fourth-order valence-corrected chi connectivity index (χ4v) is 6.99. The van der Waals surface area contributed by atoms with Gasteiger partial charge in [0.15, 0.2) is 11.5 Å². The number of hydrogen-bond acceptors (Lipinski definition) is 4. The van der Waals surface area contributed by atoms with Crippen LogP contribution in [0.1, 0.15) is 44.1 Å². The average molecular weight is 422 g/mol. The predicted octanol–water partition coefficient (Wildman–Crippen LogP) is 5.19. The normalized spacial score (nSPS) is 30.7. The molecule has 4 bridgehead atoms. The zero-order valence-electron chi connectivity index (χ0n) is 18.6. The van der Waals surface area contributed by atoms with Gasteiger partial charge < -0.3 is 19.5 Å². The first-order valence-electron chi connectivity index (χ1n) is 11.2. The molecule has 2 atom stereocenters. The number of methoxy groups -OCH3 is 3. The minimum absolute atomic E-state index is 0.102. The molecule has 0 spiro atoms. The number of rotatable bonds is 6. The maximum Gasteiger partial charge on any atom is 0.230 e. The number of hydrogen-bond donors (Lipinski definition) is 1. The first-order chi connectivity index (χ1) is 15.0. The number of benzene rings is 2. The summed E-state index contributed by atoms with van der Waals surface area (Å²) in [5.41, 5.74) is 1.94. The Balaban J connectivity index is 1.43. The molecule has 5 heteroatoms. The summed E-state index contributed by atoms with van der Waals surface area (Å²) < 4.78 is 16.1. The van der Waals surface area contributed by atoms with Crippen LogP contribution in [0.15, 0.2) is 42.5 Å². The molecule has 6 rings (SSSR count). The summed E-state index contributed by atoms with van der Waals surface area (Å²) >= 11 is 0. The zero-order valence-corrected chi connectivity index (χ0v) is 18.6. The van der Waals surface area contributed by atoms with Crippen LogP contribution in [0.5, 0.6) is 17.2 Å². The van der Waals surface area contributed by atoms with Gasteiger partial charge in [-0.05, 0) is 85.6 Å². The minimum atomic E-state index is -0.294. The fraction of sp³-hybridized carbons (Fsp3) is 0.500. The van der Waals surface area contributed by atoms with E-state index in [0.717, 1.165) is 30.7 Å². The maximum atomic E-state index is 13.7. The molecule has 1 N–H and O–H groups in total. The molecule has 0 heterocycles. The second-order valence-electron chi connectivity index (χ2n) is 9.77. The molecule has 2 unspecified atom stereocenters.